The molecule has 3 aliphatic carbocycles. The molecule has 3 aliphatic rings. The summed E-state index contributed by atoms with van der Waals surface area (Å²) in [7, 11) is 3.41. The number of carbonyl (C=O) groups is 1. The van der Waals surface area contributed by atoms with Crippen molar-refractivity contribution in [2.45, 2.75) is 112 Å². The maximum atomic E-state index is 13.2. The smallest absolute Gasteiger partial charge is 0.156 e. The Morgan fingerprint density at radius 2 is 1.65 bits per heavy atom. The van der Waals surface area contributed by atoms with Gasteiger partial charge in [-0.3, -0.25) is 4.79 Å². The second-order valence-electron chi connectivity index (χ2n) is 12.2. The summed E-state index contributed by atoms with van der Waals surface area (Å²) in [4.78, 5) is 13.2. The Balaban J connectivity index is 1.71. The summed E-state index contributed by atoms with van der Waals surface area (Å²) in [6, 6.07) is 0. The van der Waals surface area contributed by atoms with Gasteiger partial charge >= 0.3 is 0 Å². The van der Waals surface area contributed by atoms with Gasteiger partial charge in [-0.25, -0.2) is 0 Å². The lowest BCUT2D eigenvalue weighted by atomic mass is 9.48. The van der Waals surface area contributed by atoms with Crippen LogP contribution in [0.5, 0.6) is 0 Å². The summed E-state index contributed by atoms with van der Waals surface area (Å²) in [5.41, 5.74) is 0.293. The van der Waals surface area contributed by atoms with E-state index in [4.69, 9.17) is 9.47 Å². The first-order valence-corrected chi connectivity index (χ1v) is 13.3. The van der Waals surface area contributed by atoms with E-state index in [-0.39, 0.29) is 11.7 Å². The van der Waals surface area contributed by atoms with E-state index in [1.54, 1.807) is 14.2 Å². The number of hydrogen-bond donors (Lipinski definition) is 0. The Hall–Kier alpha value is -0.410. The van der Waals surface area contributed by atoms with Crippen LogP contribution in [0.15, 0.2) is 0 Å². The van der Waals surface area contributed by atoms with Gasteiger partial charge < -0.3 is 9.47 Å². The van der Waals surface area contributed by atoms with Gasteiger partial charge in [-0.1, -0.05) is 53.9 Å². The number of fused-ring (bicyclic) bond motifs is 3. The molecule has 0 aromatic carbocycles. The van der Waals surface area contributed by atoms with Crippen molar-refractivity contribution in [1.29, 1.82) is 0 Å². The van der Waals surface area contributed by atoms with E-state index in [0.29, 0.717) is 17.1 Å². The average Bonchev–Trinajstić information content (AvgIpc) is 3.08. The van der Waals surface area contributed by atoms with Gasteiger partial charge in [0.15, 0.2) is 6.29 Å². The van der Waals surface area contributed by atoms with Gasteiger partial charge in [0.1, 0.15) is 5.78 Å². The van der Waals surface area contributed by atoms with Crippen molar-refractivity contribution in [1.82, 2.24) is 0 Å². The minimum Gasteiger partial charge on any atom is -0.356 e. The predicted octanol–water partition coefficient (Wildman–Crippen LogP) is 7.28. The molecular formula is C28H50O3. The number of hydrogen-bond acceptors (Lipinski definition) is 3. The van der Waals surface area contributed by atoms with Gasteiger partial charge in [-0.2, -0.15) is 0 Å². The van der Waals surface area contributed by atoms with Crippen LogP contribution < -0.4 is 0 Å². The van der Waals surface area contributed by atoms with Crippen LogP contribution in [-0.2, 0) is 14.3 Å². The van der Waals surface area contributed by atoms with Crippen LogP contribution in [0.4, 0.5) is 0 Å². The summed E-state index contributed by atoms with van der Waals surface area (Å²) in [5.74, 6) is 5.14. The van der Waals surface area contributed by atoms with E-state index < -0.39 is 0 Å². The molecule has 0 saturated heterocycles. The Kier molecular flexibility index (Phi) is 8.33. The maximum absolute atomic E-state index is 13.2. The van der Waals surface area contributed by atoms with E-state index in [0.717, 1.165) is 55.3 Å². The standard InChI is InChI=1S/C28H50O3/c1-19(2)9-8-10-20(3)22-12-13-23-21-11-14-25(29)28(5,18-16-26(30-6)31-7)24(21)15-17-27(22,23)4/h19-24,26H,8-18H2,1-7H3/t20-,21+,22-,23+,24+,27-,28-/m1/s1. The minimum absolute atomic E-state index is 0.193. The number of Topliss-reactive ketones (excluding diaryl/α,β-unsaturated/α-hetero) is 1. The summed E-state index contributed by atoms with van der Waals surface area (Å²) in [6.07, 6.45) is 12.9. The number of ketones is 1. The molecule has 31 heavy (non-hydrogen) atoms. The van der Waals surface area contributed by atoms with Crippen LogP contribution in [0.3, 0.4) is 0 Å². The zero-order valence-corrected chi connectivity index (χ0v) is 21.5. The second kappa shape index (κ2) is 10.2. The summed E-state index contributed by atoms with van der Waals surface area (Å²) in [5, 5.41) is 0. The third-order valence-corrected chi connectivity index (χ3v) is 10.2. The molecule has 180 valence electrons. The second-order valence-corrected chi connectivity index (χ2v) is 12.2. The van der Waals surface area contributed by atoms with Gasteiger partial charge in [-0.05, 0) is 85.9 Å². The molecule has 0 radical (unpaired) electrons. The van der Waals surface area contributed by atoms with Crippen molar-refractivity contribution >= 4 is 5.78 Å². The van der Waals surface area contributed by atoms with Crippen molar-refractivity contribution in [2.24, 2.45) is 46.3 Å². The van der Waals surface area contributed by atoms with Gasteiger partial charge in [0.2, 0.25) is 0 Å². The van der Waals surface area contributed by atoms with Gasteiger partial charge in [0.05, 0.1) is 0 Å². The largest absolute Gasteiger partial charge is 0.356 e. The molecule has 0 aromatic heterocycles. The van der Waals surface area contributed by atoms with E-state index in [1.165, 1.54) is 44.9 Å². The summed E-state index contributed by atoms with van der Waals surface area (Å²) < 4.78 is 10.9. The van der Waals surface area contributed by atoms with Gasteiger partial charge in [0.25, 0.3) is 0 Å². The third-order valence-electron chi connectivity index (χ3n) is 10.2. The molecule has 0 spiro atoms. The fourth-order valence-corrected chi connectivity index (χ4v) is 8.37. The van der Waals surface area contributed by atoms with Crippen LogP contribution in [0.25, 0.3) is 0 Å². The van der Waals surface area contributed by atoms with E-state index in [9.17, 15) is 4.79 Å². The molecule has 3 saturated carbocycles. The molecule has 0 aromatic rings. The lowest BCUT2D eigenvalue weighted by molar-refractivity contribution is -0.151. The lowest BCUT2D eigenvalue weighted by Gasteiger charge is -2.56. The SMILES string of the molecule is COC(CC[C@@]1(C)C(=O)CC[C@H]2[C@@H]3CC[C@H]([C@H](C)CCCC(C)C)[C@@]3(C)CC[C@@H]21)OC. The molecule has 0 amide bonds. The van der Waals surface area contributed by atoms with Crippen LogP contribution in [0.1, 0.15) is 105 Å². The zero-order chi connectivity index (χ0) is 22.8. The topological polar surface area (TPSA) is 35.5 Å². The van der Waals surface area contributed by atoms with Gasteiger partial charge in [-0.15, -0.1) is 0 Å². The average molecular weight is 435 g/mol. The normalized spacial score (nSPS) is 39.1. The van der Waals surface area contributed by atoms with E-state index >= 15 is 0 Å². The van der Waals surface area contributed by atoms with Crippen molar-refractivity contribution in [3.05, 3.63) is 0 Å². The summed E-state index contributed by atoms with van der Waals surface area (Å²) >= 11 is 0. The summed E-state index contributed by atoms with van der Waals surface area (Å²) in [6.45, 7) is 12.1. The highest BCUT2D eigenvalue weighted by molar-refractivity contribution is 5.85. The van der Waals surface area contributed by atoms with E-state index in [1.807, 2.05) is 0 Å². The molecule has 7 atom stereocenters. The highest BCUT2D eigenvalue weighted by Crippen LogP contribution is 2.66. The maximum Gasteiger partial charge on any atom is 0.156 e. The molecule has 3 heteroatoms. The van der Waals surface area contributed by atoms with E-state index in [2.05, 4.69) is 34.6 Å². The first-order chi connectivity index (χ1) is 14.7. The Morgan fingerprint density at radius 1 is 0.935 bits per heavy atom. The number of methoxy groups -OCH3 is 2. The molecule has 0 unspecified atom stereocenters. The fraction of sp³-hybridized carbons (Fsp3) is 0.964. The Labute approximate surface area is 192 Å². The highest BCUT2D eigenvalue weighted by atomic mass is 16.7. The molecule has 0 bridgehead atoms. The monoisotopic (exact) mass is 434 g/mol. The van der Waals surface area contributed by atoms with Crippen molar-refractivity contribution in [2.75, 3.05) is 14.2 Å². The van der Waals surface area contributed by atoms with Crippen LogP contribution in [0, 0.1) is 46.3 Å². The Bertz CT molecular complexity index is 597. The van der Waals surface area contributed by atoms with Crippen molar-refractivity contribution < 1.29 is 14.3 Å². The van der Waals surface area contributed by atoms with Crippen LogP contribution >= 0.6 is 0 Å². The highest BCUT2D eigenvalue weighted by Gasteiger charge is 2.59. The van der Waals surface area contributed by atoms with Gasteiger partial charge in [0, 0.05) is 26.1 Å². The number of ether oxygens (including phenoxy) is 2. The number of rotatable bonds is 10. The quantitative estimate of drug-likeness (QED) is 0.339. The lowest BCUT2D eigenvalue weighted by Crippen LogP contribution is -2.52. The predicted molar refractivity (Wildman–Crippen MR) is 128 cm³/mol. The first kappa shape index (κ1) is 25.2. The third kappa shape index (κ3) is 4.93. The fourth-order valence-electron chi connectivity index (χ4n) is 8.37. The van der Waals surface area contributed by atoms with Crippen molar-refractivity contribution in [3.63, 3.8) is 0 Å². The zero-order valence-electron chi connectivity index (χ0n) is 21.5. The molecular weight excluding hydrogens is 384 g/mol. The molecule has 3 fully saturated rings. The molecule has 0 aliphatic heterocycles. The molecule has 3 rings (SSSR count). The number of carbonyl (C=O) groups excluding carboxylic acids is 1. The Morgan fingerprint density at radius 3 is 2.29 bits per heavy atom. The van der Waals surface area contributed by atoms with Crippen LogP contribution in [0.2, 0.25) is 0 Å². The first-order valence-electron chi connectivity index (χ1n) is 13.3. The minimum atomic E-state index is -0.194. The van der Waals surface area contributed by atoms with Crippen molar-refractivity contribution in [3.8, 4) is 0 Å². The van der Waals surface area contributed by atoms with Crippen LogP contribution in [-0.4, -0.2) is 26.3 Å². The molecule has 0 heterocycles. The molecule has 0 N–H and O–H groups in total. The molecule has 3 nitrogen and oxygen atoms in total.